The zero-order chi connectivity index (χ0) is 16.6. The van der Waals surface area contributed by atoms with Crippen LogP contribution < -0.4 is 0 Å². The normalized spacial score (nSPS) is 14.6. The maximum atomic E-state index is 2.31. The highest BCUT2D eigenvalue weighted by Crippen LogP contribution is 2.48. The molecule has 1 aliphatic rings. The molecule has 22 heavy (non-hydrogen) atoms. The van der Waals surface area contributed by atoms with E-state index in [-0.39, 0.29) is 0 Å². The summed E-state index contributed by atoms with van der Waals surface area (Å²) in [6.07, 6.45) is 3.93. The summed E-state index contributed by atoms with van der Waals surface area (Å²) in [5, 5.41) is 0. The van der Waals surface area contributed by atoms with E-state index in [1.807, 2.05) is 27.7 Å². The highest BCUT2D eigenvalue weighted by molar-refractivity contribution is 5.43. The SMILES string of the molecule is CC.CC.Cc1ccc(C2(c3ccc(C)cc3)CCC2)cc1. The van der Waals surface area contributed by atoms with Crippen LogP contribution in [0.15, 0.2) is 48.5 Å². The first-order chi connectivity index (χ1) is 10.7. The molecule has 0 N–H and O–H groups in total. The lowest BCUT2D eigenvalue weighted by Crippen LogP contribution is -2.35. The Labute approximate surface area is 137 Å². The molecule has 3 rings (SSSR count). The molecular weight excluding hydrogens is 264 g/mol. The minimum atomic E-state index is 0.293. The van der Waals surface area contributed by atoms with Crippen molar-refractivity contribution in [3.8, 4) is 0 Å². The molecule has 0 unspecified atom stereocenters. The van der Waals surface area contributed by atoms with Gasteiger partial charge in [-0.05, 0) is 37.8 Å². The smallest absolute Gasteiger partial charge is 0.0202 e. The lowest BCUT2D eigenvalue weighted by atomic mass is 9.60. The topological polar surface area (TPSA) is 0 Å². The van der Waals surface area contributed by atoms with Gasteiger partial charge < -0.3 is 0 Å². The summed E-state index contributed by atoms with van der Waals surface area (Å²) in [6, 6.07) is 18.2. The first-order valence-corrected chi connectivity index (χ1v) is 8.85. The van der Waals surface area contributed by atoms with Gasteiger partial charge in [-0.2, -0.15) is 0 Å². The summed E-state index contributed by atoms with van der Waals surface area (Å²) in [6.45, 7) is 12.3. The number of benzene rings is 2. The molecular formula is C22H32. The standard InChI is InChI=1S/C18H20.2C2H6/c1-14-4-8-16(9-5-14)18(12-3-13-18)17-10-6-15(2)7-11-17;2*1-2/h4-11H,3,12-13H2,1-2H3;2*1-2H3. The Hall–Kier alpha value is -1.56. The summed E-state index contributed by atoms with van der Waals surface area (Å²) in [5.74, 6) is 0. The highest BCUT2D eigenvalue weighted by Gasteiger charge is 2.39. The Morgan fingerprint density at radius 3 is 1.14 bits per heavy atom. The number of rotatable bonds is 2. The third-order valence-corrected chi connectivity index (χ3v) is 4.42. The molecule has 2 aromatic carbocycles. The summed E-state index contributed by atoms with van der Waals surface area (Å²) in [4.78, 5) is 0. The van der Waals surface area contributed by atoms with E-state index in [2.05, 4.69) is 62.4 Å². The Bertz CT molecular complexity index is 480. The Morgan fingerprint density at radius 1 is 0.591 bits per heavy atom. The lowest BCUT2D eigenvalue weighted by molar-refractivity contribution is 0.301. The second-order valence-corrected chi connectivity index (χ2v) is 5.67. The van der Waals surface area contributed by atoms with Gasteiger partial charge in [0.05, 0.1) is 0 Å². The molecule has 1 saturated carbocycles. The van der Waals surface area contributed by atoms with Gasteiger partial charge in [0.25, 0.3) is 0 Å². The van der Waals surface area contributed by atoms with Gasteiger partial charge in [-0.25, -0.2) is 0 Å². The van der Waals surface area contributed by atoms with Gasteiger partial charge in [-0.3, -0.25) is 0 Å². The molecule has 1 fully saturated rings. The molecule has 0 bridgehead atoms. The van der Waals surface area contributed by atoms with E-state index in [0.717, 1.165) is 0 Å². The molecule has 0 amide bonds. The van der Waals surface area contributed by atoms with Crippen LogP contribution in [0, 0.1) is 13.8 Å². The average molecular weight is 296 g/mol. The zero-order valence-electron chi connectivity index (χ0n) is 15.2. The van der Waals surface area contributed by atoms with Crippen molar-refractivity contribution in [3.05, 3.63) is 70.8 Å². The maximum Gasteiger partial charge on any atom is 0.0202 e. The summed E-state index contributed by atoms with van der Waals surface area (Å²) in [7, 11) is 0. The van der Waals surface area contributed by atoms with E-state index in [1.165, 1.54) is 41.5 Å². The minimum Gasteiger partial charge on any atom is -0.0683 e. The van der Waals surface area contributed by atoms with E-state index in [9.17, 15) is 0 Å². The Kier molecular flexibility index (Phi) is 7.38. The molecule has 2 aromatic rings. The predicted octanol–water partition coefficient (Wildman–Crippen LogP) is 6.83. The second-order valence-electron chi connectivity index (χ2n) is 5.67. The molecule has 0 heteroatoms. The van der Waals surface area contributed by atoms with Crippen molar-refractivity contribution in [2.45, 2.75) is 66.2 Å². The van der Waals surface area contributed by atoms with Gasteiger partial charge in [-0.15, -0.1) is 0 Å². The molecule has 0 spiro atoms. The van der Waals surface area contributed by atoms with Crippen LogP contribution in [0.2, 0.25) is 0 Å². The molecule has 0 atom stereocenters. The monoisotopic (exact) mass is 296 g/mol. The summed E-state index contributed by atoms with van der Waals surface area (Å²) >= 11 is 0. The third-order valence-electron chi connectivity index (χ3n) is 4.42. The Balaban J connectivity index is 0.000000561. The van der Waals surface area contributed by atoms with Gasteiger partial charge >= 0.3 is 0 Å². The molecule has 0 heterocycles. The largest absolute Gasteiger partial charge is 0.0683 e. The van der Waals surface area contributed by atoms with Gasteiger partial charge in [0.15, 0.2) is 0 Å². The van der Waals surface area contributed by atoms with E-state index < -0.39 is 0 Å². The van der Waals surface area contributed by atoms with Crippen molar-refractivity contribution in [2.75, 3.05) is 0 Å². The molecule has 0 radical (unpaired) electrons. The molecule has 0 aliphatic heterocycles. The summed E-state index contributed by atoms with van der Waals surface area (Å²) < 4.78 is 0. The van der Waals surface area contributed by atoms with Gasteiger partial charge in [0.1, 0.15) is 0 Å². The van der Waals surface area contributed by atoms with E-state index in [4.69, 9.17) is 0 Å². The van der Waals surface area contributed by atoms with Gasteiger partial charge in [0, 0.05) is 5.41 Å². The van der Waals surface area contributed by atoms with E-state index in [0.29, 0.717) is 5.41 Å². The summed E-state index contributed by atoms with van der Waals surface area (Å²) in [5.41, 5.74) is 5.96. The van der Waals surface area contributed by atoms with Crippen molar-refractivity contribution < 1.29 is 0 Å². The highest BCUT2D eigenvalue weighted by atomic mass is 14.4. The van der Waals surface area contributed by atoms with Crippen molar-refractivity contribution in [1.82, 2.24) is 0 Å². The van der Waals surface area contributed by atoms with Crippen LogP contribution in [0.25, 0.3) is 0 Å². The number of hydrogen-bond acceptors (Lipinski definition) is 0. The van der Waals surface area contributed by atoms with Crippen LogP contribution in [0.5, 0.6) is 0 Å². The predicted molar refractivity (Wildman–Crippen MR) is 99.7 cm³/mol. The minimum absolute atomic E-state index is 0.293. The fourth-order valence-corrected chi connectivity index (χ4v) is 3.02. The molecule has 1 aliphatic carbocycles. The van der Waals surface area contributed by atoms with Gasteiger partial charge in [0.2, 0.25) is 0 Å². The Morgan fingerprint density at radius 2 is 0.909 bits per heavy atom. The van der Waals surface area contributed by atoms with Crippen LogP contribution in [-0.2, 0) is 5.41 Å². The lowest BCUT2D eigenvalue weighted by Gasteiger charge is -2.43. The van der Waals surface area contributed by atoms with Gasteiger partial charge in [-0.1, -0.05) is 93.8 Å². The zero-order valence-corrected chi connectivity index (χ0v) is 15.2. The second kappa shape index (κ2) is 8.78. The first kappa shape index (κ1) is 18.5. The van der Waals surface area contributed by atoms with Crippen LogP contribution in [-0.4, -0.2) is 0 Å². The van der Waals surface area contributed by atoms with Crippen LogP contribution in [0.1, 0.15) is 69.2 Å². The van der Waals surface area contributed by atoms with E-state index in [1.54, 1.807) is 0 Å². The van der Waals surface area contributed by atoms with Crippen molar-refractivity contribution in [1.29, 1.82) is 0 Å². The maximum absolute atomic E-state index is 2.31. The van der Waals surface area contributed by atoms with Crippen molar-refractivity contribution >= 4 is 0 Å². The van der Waals surface area contributed by atoms with Crippen LogP contribution >= 0.6 is 0 Å². The van der Waals surface area contributed by atoms with Crippen molar-refractivity contribution in [2.24, 2.45) is 0 Å². The van der Waals surface area contributed by atoms with Crippen LogP contribution in [0.3, 0.4) is 0 Å². The number of aryl methyl sites for hydroxylation is 2. The quantitative estimate of drug-likeness (QED) is 0.570. The number of hydrogen-bond donors (Lipinski definition) is 0. The molecule has 120 valence electrons. The average Bonchev–Trinajstić information content (AvgIpc) is 2.54. The van der Waals surface area contributed by atoms with Crippen molar-refractivity contribution in [3.63, 3.8) is 0 Å². The van der Waals surface area contributed by atoms with E-state index >= 15 is 0 Å². The molecule has 0 aromatic heterocycles. The fraction of sp³-hybridized carbons (Fsp3) is 0.455. The first-order valence-electron chi connectivity index (χ1n) is 8.85. The molecule has 0 nitrogen and oxygen atoms in total. The van der Waals surface area contributed by atoms with Crippen LogP contribution in [0.4, 0.5) is 0 Å². The molecule has 0 saturated heterocycles. The third kappa shape index (κ3) is 3.80. The fourth-order valence-electron chi connectivity index (χ4n) is 3.02.